The van der Waals surface area contributed by atoms with Gasteiger partial charge in [-0.05, 0) is 12.1 Å². The van der Waals surface area contributed by atoms with Gasteiger partial charge in [-0.25, -0.2) is 0 Å². The van der Waals surface area contributed by atoms with Crippen LogP contribution in [0.25, 0.3) is 0 Å². The van der Waals surface area contributed by atoms with E-state index in [1.54, 1.807) is 17.1 Å². The Hall–Kier alpha value is -1.83. The molecule has 78 valence electrons. The fourth-order valence-corrected chi connectivity index (χ4v) is 1.32. The Kier molecular flexibility index (Phi) is 4.35. The van der Waals surface area contributed by atoms with Gasteiger partial charge < -0.3 is 4.90 Å². The molecule has 0 aliphatic carbocycles. The Morgan fingerprint density at radius 3 is 2.13 bits per heavy atom. The van der Waals surface area contributed by atoms with Crippen LogP contribution in [0.4, 0.5) is 0 Å². The van der Waals surface area contributed by atoms with Crippen molar-refractivity contribution in [3.63, 3.8) is 0 Å². The molecule has 2 nitrogen and oxygen atoms in total. The Balaban J connectivity index is 2.80. The highest BCUT2D eigenvalue weighted by atomic mass is 16.2. The predicted molar refractivity (Wildman–Crippen MR) is 62.7 cm³/mol. The number of benzene rings is 1. The molecule has 0 aliphatic rings. The number of hydrogen-bond acceptors (Lipinski definition) is 1. The Labute approximate surface area is 90.5 Å². The molecular formula is C13H15NO. The lowest BCUT2D eigenvalue weighted by molar-refractivity contribution is 0.0791. The number of amides is 1. The topological polar surface area (TPSA) is 20.3 Å². The maximum atomic E-state index is 12.0. The second-order valence-corrected chi connectivity index (χ2v) is 3.15. The molecular weight excluding hydrogens is 186 g/mol. The molecule has 0 radical (unpaired) electrons. The predicted octanol–water partition coefficient (Wildman–Crippen LogP) is 2.50. The van der Waals surface area contributed by atoms with Crippen molar-refractivity contribution >= 4 is 5.91 Å². The van der Waals surface area contributed by atoms with E-state index in [-0.39, 0.29) is 5.91 Å². The quantitative estimate of drug-likeness (QED) is 0.670. The third-order valence-corrected chi connectivity index (χ3v) is 2.01. The first-order valence-electron chi connectivity index (χ1n) is 4.85. The van der Waals surface area contributed by atoms with Gasteiger partial charge in [0.05, 0.1) is 0 Å². The Bertz CT molecular complexity index is 333. The lowest BCUT2D eigenvalue weighted by Gasteiger charge is -2.19. The SMILES string of the molecule is C=CCN(CC=C)C(=O)c1ccccc1. The molecule has 0 unspecified atom stereocenters. The summed E-state index contributed by atoms with van der Waals surface area (Å²) in [6.07, 6.45) is 3.43. The average molecular weight is 201 g/mol. The molecule has 0 aliphatic heterocycles. The molecule has 1 aromatic carbocycles. The summed E-state index contributed by atoms with van der Waals surface area (Å²) in [5, 5.41) is 0. The van der Waals surface area contributed by atoms with Crippen molar-refractivity contribution in [1.82, 2.24) is 4.90 Å². The summed E-state index contributed by atoms with van der Waals surface area (Å²) < 4.78 is 0. The summed E-state index contributed by atoms with van der Waals surface area (Å²) in [4.78, 5) is 13.6. The first kappa shape index (κ1) is 11.2. The highest BCUT2D eigenvalue weighted by Crippen LogP contribution is 2.04. The van der Waals surface area contributed by atoms with Crippen molar-refractivity contribution in [2.24, 2.45) is 0 Å². The lowest BCUT2D eigenvalue weighted by Crippen LogP contribution is -2.31. The van der Waals surface area contributed by atoms with E-state index in [9.17, 15) is 4.79 Å². The molecule has 0 saturated carbocycles. The van der Waals surface area contributed by atoms with Crippen molar-refractivity contribution in [2.75, 3.05) is 13.1 Å². The van der Waals surface area contributed by atoms with Crippen molar-refractivity contribution in [2.45, 2.75) is 0 Å². The van der Waals surface area contributed by atoms with Gasteiger partial charge in [0.25, 0.3) is 5.91 Å². The number of nitrogens with zero attached hydrogens (tertiary/aromatic N) is 1. The van der Waals surface area contributed by atoms with Crippen LogP contribution in [-0.2, 0) is 0 Å². The molecule has 1 amide bonds. The normalized spacial score (nSPS) is 9.33. The zero-order valence-corrected chi connectivity index (χ0v) is 8.73. The van der Waals surface area contributed by atoms with Crippen LogP contribution in [-0.4, -0.2) is 23.9 Å². The van der Waals surface area contributed by atoms with Crippen molar-refractivity contribution in [3.05, 3.63) is 61.2 Å². The van der Waals surface area contributed by atoms with Gasteiger partial charge in [0.1, 0.15) is 0 Å². The Morgan fingerprint density at radius 2 is 1.67 bits per heavy atom. The Morgan fingerprint density at radius 1 is 1.13 bits per heavy atom. The second kappa shape index (κ2) is 5.81. The summed E-state index contributed by atoms with van der Waals surface area (Å²) in [7, 11) is 0. The van der Waals surface area contributed by atoms with Gasteiger partial charge in [0.15, 0.2) is 0 Å². The van der Waals surface area contributed by atoms with Gasteiger partial charge in [-0.3, -0.25) is 4.79 Å². The number of carbonyl (C=O) groups is 1. The average Bonchev–Trinajstić information content (AvgIpc) is 2.29. The lowest BCUT2D eigenvalue weighted by atomic mass is 10.2. The molecule has 0 atom stereocenters. The van der Waals surface area contributed by atoms with E-state index in [1.165, 1.54) is 0 Å². The molecule has 1 rings (SSSR count). The van der Waals surface area contributed by atoms with E-state index < -0.39 is 0 Å². The number of carbonyl (C=O) groups excluding carboxylic acids is 1. The van der Waals surface area contributed by atoms with Crippen LogP contribution in [0.2, 0.25) is 0 Å². The highest BCUT2D eigenvalue weighted by Gasteiger charge is 2.11. The van der Waals surface area contributed by atoms with E-state index in [2.05, 4.69) is 13.2 Å². The third kappa shape index (κ3) is 3.09. The summed E-state index contributed by atoms with van der Waals surface area (Å²) in [5.41, 5.74) is 0.696. The van der Waals surface area contributed by atoms with Gasteiger partial charge >= 0.3 is 0 Å². The van der Waals surface area contributed by atoms with E-state index in [1.807, 2.05) is 30.3 Å². The fraction of sp³-hybridized carbons (Fsp3) is 0.154. The summed E-state index contributed by atoms with van der Waals surface area (Å²) in [5.74, 6) is 0.00963. The molecule has 0 aromatic heterocycles. The van der Waals surface area contributed by atoms with Crippen LogP contribution in [0.15, 0.2) is 55.6 Å². The van der Waals surface area contributed by atoms with Crippen molar-refractivity contribution in [3.8, 4) is 0 Å². The molecule has 2 heteroatoms. The molecule has 0 N–H and O–H groups in total. The van der Waals surface area contributed by atoms with Gasteiger partial charge in [-0.2, -0.15) is 0 Å². The maximum absolute atomic E-state index is 12.0. The first-order chi connectivity index (χ1) is 7.29. The minimum atomic E-state index is 0.00963. The van der Waals surface area contributed by atoms with Gasteiger partial charge in [-0.1, -0.05) is 30.4 Å². The standard InChI is InChI=1S/C13H15NO/c1-3-10-14(11-4-2)13(15)12-8-6-5-7-9-12/h3-9H,1-2,10-11H2. The van der Waals surface area contributed by atoms with Gasteiger partial charge in [-0.15, -0.1) is 13.2 Å². The summed E-state index contributed by atoms with van der Waals surface area (Å²) >= 11 is 0. The largest absolute Gasteiger partial charge is 0.331 e. The molecule has 0 saturated heterocycles. The summed E-state index contributed by atoms with van der Waals surface area (Å²) in [6.45, 7) is 8.34. The van der Waals surface area contributed by atoms with Crippen molar-refractivity contribution in [1.29, 1.82) is 0 Å². The van der Waals surface area contributed by atoms with E-state index in [0.717, 1.165) is 0 Å². The smallest absolute Gasteiger partial charge is 0.254 e. The van der Waals surface area contributed by atoms with Gasteiger partial charge in [0.2, 0.25) is 0 Å². The molecule has 0 heterocycles. The van der Waals surface area contributed by atoms with Crippen LogP contribution in [0, 0.1) is 0 Å². The fourth-order valence-electron chi connectivity index (χ4n) is 1.32. The monoisotopic (exact) mass is 201 g/mol. The van der Waals surface area contributed by atoms with Crippen LogP contribution >= 0.6 is 0 Å². The zero-order valence-electron chi connectivity index (χ0n) is 8.73. The number of rotatable bonds is 5. The zero-order chi connectivity index (χ0) is 11.1. The molecule has 15 heavy (non-hydrogen) atoms. The van der Waals surface area contributed by atoms with E-state index >= 15 is 0 Å². The minimum absolute atomic E-state index is 0.00963. The van der Waals surface area contributed by atoms with Crippen LogP contribution in [0.5, 0.6) is 0 Å². The maximum Gasteiger partial charge on any atom is 0.254 e. The van der Waals surface area contributed by atoms with Crippen LogP contribution < -0.4 is 0 Å². The van der Waals surface area contributed by atoms with Crippen molar-refractivity contribution < 1.29 is 4.79 Å². The second-order valence-electron chi connectivity index (χ2n) is 3.15. The minimum Gasteiger partial charge on any atom is -0.331 e. The molecule has 0 spiro atoms. The number of hydrogen-bond donors (Lipinski definition) is 0. The molecule has 0 bridgehead atoms. The highest BCUT2D eigenvalue weighted by molar-refractivity contribution is 5.94. The van der Waals surface area contributed by atoms with E-state index in [0.29, 0.717) is 18.7 Å². The summed E-state index contributed by atoms with van der Waals surface area (Å²) in [6, 6.07) is 9.21. The van der Waals surface area contributed by atoms with Crippen LogP contribution in [0.3, 0.4) is 0 Å². The molecule has 0 fully saturated rings. The van der Waals surface area contributed by atoms with Crippen LogP contribution in [0.1, 0.15) is 10.4 Å². The third-order valence-electron chi connectivity index (χ3n) is 2.01. The van der Waals surface area contributed by atoms with Gasteiger partial charge in [0, 0.05) is 18.7 Å². The van der Waals surface area contributed by atoms with E-state index in [4.69, 9.17) is 0 Å². The molecule has 1 aromatic rings. The first-order valence-corrected chi connectivity index (χ1v) is 4.85.